The van der Waals surface area contributed by atoms with Crippen LogP contribution in [0.15, 0.2) is 39.9 Å². The van der Waals surface area contributed by atoms with Crippen molar-refractivity contribution in [3.63, 3.8) is 0 Å². The van der Waals surface area contributed by atoms with E-state index in [9.17, 15) is 14.0 Å². The van der Waals surface area contributed by atoms with E-state index in [4.69, 9.17) is 0 Å². The summed E-state index contributed by atoms with van der Waals surface area (Å²) in [6.45, 7) is -0.256. The Hall–Kier alpha value is -2.61. The molecule has 0 fully saturated rings. The molecule has 138 valence electrons. The van der Waals surface area contributed by atoms with E-state index in [-0.39, 0.29) is 17.8 Å². The average molecular weight is 431 g/mol. The molecule has 2 heterocycles. The third-order valence-corrected chi connectivity index (χ3v) is 5.10. The second kappa shape index (κ2) is 7.19. The number of hydrogen-bond donors (Lipinski definition) is 1. The van der Waals surface area contributed by atoms with Gasteiger partial charge >= 0.3 is 0 Å². The van der Waals surface area contributed by atoms with Crippen LogP contribution in [0.4, 0.5) is 10.1 Å². The number of aryl methyl sites for hydroxylation is 2. The number of amides is 1. The van der Waals surface area contributed by atoms with Gasteiger partial charge in [0.2, 0.25) is 5.91 Å². The maximum atomic E-state index is 13.9. The first-order valence-electron chi connectivity index (χ1n) is 8.64. The quantitative estimate of drug-likeness (QED) is 0.691. The molecular weight excluding hydrogens is 415 g/mol. The zero-order valence-corrected chi connectivity index (χ0v) is 15.9. The highest BCUT2D eigenvalue weighted by atomic mass is 79.9. The summed E-state index contributed by atoms with van der Waals surface area (Å²) in [6.07, 6.45) is 5.28. The van der Waals surface area contributed by atoms with Crippen molar-refractivity contribution in [2.75, 3.05) is 5.32 Å². The number of hydrogen-bond acceptors (Lipinski definition) is 4. The lowest BCUT2D eigenvalue weighted by molar-refractivity contribution is -0.116. The van der Waals surface area contributed by atoms with Crippen molar-refractivity contribution in [3.05, 3.63) is 62.5 Å². The molecule has 2 aromatic heterocycles. The predicted octanol–water partition coefficient (Wildman–Crippen LogP) is 3.21. The number of nitrogens with one attached hydrogen (secondary N) is 1. The molecule has 0 saturated carbocycles. The highest BCUT2D eigenvalue weighted by Crippen LogP contribution is 2.22. The maximum Gasteiger partial charge on any atom is 0.263 e. The minimum absolute atomic E-state index is 0.0562. The second-order valence-electron chi connectivity index (χ2n) is 6.52. The smallest absolute Gasteiger partial charge is 0.263 e. The fourth-order valence-corrected chi connectivity index (χ4v) is 3.59. The third-order valence-electron chi connectivity index (χ3n) is 4.61. The minimum Gasteiger partial charge on any atom is -0.322 e. The van der Waals surface area contributed by atoms with Gasteiger partial charge in [-0.1, -0.05) is 15.9 Å². The van der Waals surface area contributed by atoms with Crippen LogP contribution in [0.3, 0.4) is 0 Å². The minimum atomic E-state index is -0.558. The molecule has 4 rings (SSSR count). The number of fused-ring (bicyclic) bond motifs is 2. The first-order chi connectivity index (χ1) is 13.0. The molecule has 8 heteroatoms. The van der Waals surface area contributed by atoms with Gasteiger partial charge in [0.25, 0.3) is 5.56 Å². The van der Waals surface area contributed by atoms with Crippen molar-refractivity contribution in [2.45, 2.75) is 32.2 Å². The number of carbonyl (C=O) groups is 1. The molecular formula is C19H16BrFN4O2. The maximum absolute atomic E-state index is 13.9. The summed E-state index contributed by atoms with van der Waals surface area (Å²) in [5.74, 6) is -1.07. The average Bonchev–Trinajstić information content (AvgIpc) is 2.65. The molecule has 0 radical (unpaired) electrons. The molecule has 1 aliphatic carbocycles. The molecule has 0 unspecified atom stereocenters. The molecule has 0 saturated heterocycles. The van der Waals surface area contributed by atoms with E-state index in [1.807, 2.05) is 6.07 Å². The number of rotatable bonds is 3. The highest BCUT2D eigenvalue weighted by molar-refractivity contribution is 9.10. The summed E-state index contributed by atoms with van der Waals surface area (Å²) >= 11 is 3.16. The van der Waals surface area contributed by atoms with Gasteiger partial charge in [0, 0.05) is 10.2 Å². The molecule has 0 spiro atoms. The first kappa shape index (κ1) is 17.8. The zero-order chi connectivity index (χ0) is 19.0. The highest BCUT2D eigenvalue weighted by Gasteiger charge is 2.16. The zero-order valence-electron chi connectivity index (χ0n) is 14.3. The van der Waals surface area contributed by atoms with E-state index in [0.29, 0.717) is 15.5 Å². The van der Waals surface area contributed by atoms with Gasteiger partial charge in [-0.25, -0.2) is 14.4 Å². The SMILES string of the molecule is O=C(Cn1cnc2nc3c(cc2c1=O)CCCC3)Nc1ccc(Br)cc1F. The largest absolute Gasteiger partial charge is 0.322 e. The van der Waals surface area contributed by atoms with Crippen LogP contribution >= 0.6 is 15.9 Å². The number of pyridine rings is 1. The second-order valence-corrected chi connectivity index (χ2v) is 7.44. The molecule has 1 aliphatic rings. The Balaban J connectivity index is 1.61. The van der Waals surface area contributed by atoms with Crippen LogP contribution in [0.1, 0.15) is 24.1 Å². The van der Waals surface area contributed by atoms with Gasteiger partial charge in [-0.05, 0) is 55.5 Å². The summed E-state index contributed by atoms with van der Waals surface area (Å²) in [4.78, 5) is 33.7. The lowest BCUT2D eigenvalue weighted by Gasteiger charge is -2.15. The van der Waals surface area contributed by atoms with Crippen LogP contribution in [0, 0.1) is 5.82 Å². The van der Waals surface area contributed by atoms with Gasteiger partial charge in [0.1, 0.15) is 18.7 Å². The summed E-state index contributed by atoms with van der Waals surface area (Å²) in [7, 11) is 0. The monoisotopic (exact) mass is 430 g/mol. The normalized spacial score (nSPS) is 13.4. The number of aromatic nitrogens is 3. The summed E-state index contributed by atoms with van der Waals surface area (Å²) in [6, 6.07) is 6.18. The van der Waals surface area contributed by atoms with Gasteiger partial charge in [0.05, 0.1) is 11.1 Å². The van der Waals surface area contributed by atoms with Gasteiger partial charge in [-0.2, -0.15) is 0 Å². The van der Waals surface area contributed by atoms with E-state index >= 15 is 0 Å². The van der Waals surface area contributed by atoms with Crippen molar-refractivity contribution >= 4 is 38.6 Å². The predicted molar refractivity (Wildman–Crippen MR) is 103 cm³/mol. The number of nitrogens with zero attached hydrogens (tertiary/aromatic N) is 3. The molecule has 6 nitrogen and oxygen atoms in total. The van der Waals surface area contributed by atoms with Gasteiger partial charge in [0.15, 0.2) is 5.65 Å². The standard InChI is InChI=1S/C19H16BrFN4O2/c20-12-5-6-16(14(21)8-12)23-17(26)9-25-10-22-18-13(19(25)27)7-11-3-1-2-4-15(11)24-18/h5-8,10H,1-4,9H2,(H,23,26). The topological polar surface area (TPSA) is 76.9 Å². The first-order valence-corrected chi connectivity index (χ1v) is 9.43. The number of benzene rings is 1. The summed E-state index contributed by atoms with van der Waals surface area (Å²) in [5.41, 5.74) is 2.21. The number of anilines is 1. The van der Waals surface area contributed by atoms with Crippen LogP contribution in [-0.4, -0.2) is 20.4 Å². The molecule has 3 aromatic rings. The lowest BCUT2D eigenvalue weighted by Crippen LogP contribution is -2.28. The third kappa shape index (κ3) is 3.62. The Morgan fingerprint density at radius 1 is 1.26 bits per heavy atom. The van der Waals surface area contributed by atoms with Crippen molar-refractivity contribution in [1.82, 2.24) is 14.5 Å². The van der Waals surface area contributed by atoms with E-state index in [1.165, 1.54) is 23.0 Å². The molecule has 0 atom stereocenters. The fourth-order valence-electron chi connectivity index (χ4n) is 3.26. The van der Waals surface area contributed by atoms with Gasteiger partial charge < -0.3 is 5.32 Å². The van der Waals surface area contributed by atoms with E-state index in [1.54, 1.807) is 6.07 Å². The Morgan fingerprint density at radius 2 is 2.07 bits per heavy atom. The fraction of sp³-hybridized carbons (Fsp3) is 0.263. The number of halogens is 2. The molecule has 1 amide bonds. The molecule has 0 bridgehead atoms. The molecule has 0 aliphatic heterocycles. The van der Waals surface area contributed by atoms with Crippen LogP contribution in [0.2, 0.25) is 0 Å². The van der Waals surface area contributed by atoms with Crippen molar-refractivity contribution < 1.29 is 9.18 Å². The molecule has 27 heavy (non-hydrogen) atoms. The molecule has 1 aromatic carbocycles. The molecule has 1 N–H and O–H groups in total. The Morgan fingerprint density at radius 3 is 2.89 bits per heavy atom. The van der Waals surface area contributed by atoms with Crippen LogP contribution in [-0.2, 0) is 24.2 Å². The number of carbonyl (C=O) groups excluding carboxylic acids is 1. The van der Waals surface area contributed by atoms with Crippen LogP contribution < -0.4 is 10.9 Å². The van der Waals surface area contributed by atoms with Crippen molar-refractivity contribution in [3.8, 4) is 0 Å². The van der Waals surface area contributed by atoms with Crippen molar-refractivity contribution in [1.29, 1.82) is 0 Å². The van der Waals surface area contributed by atoms with Gasteiger partial charge in [-0.15, -0.1) is 0 Å². The summed E-state index contributed by atoms with van der Waals surface area (Å²) < 4.78 is 15.7. The Kier molecular flexibility index (Phi) is 4.73. The van der Waals surface area contributed by atoms with Crippen molar-refractivity contribution in [2.24, 2.45) is 0 Å². The summed E-state index contributed by atoms with van der Waals surface area (Å²) in [5, 5.41) is 2.88. The van der Waals surface area contributed by atoms with E-state index < -0.39 is 11.7 Å². The Labute approximate surface area is 162 Å². The lowest BCUT2D eigenvalue weighted by atomic mass is 9.95. The van der Waals surface area contributed by atoms with Crippen LogP contribution in [0.25, 0.3) is 11.0 Å². The Bertz CT molecular complexity index is 1110. The van der Waals surface area contributed by atoms with Crippen LogP contribution in [0.5, 0.6) is 0 Å². The van der Waals surface area contributed by atoms with E-state index in [0.717, 1.165) is 36.9 Å². The van der Waals surface area contributed by atoms with Gasteiger partial charge in [-0.3, -0.25) is 14.2 Å². The van der Waals surface area contributed by atoms with E-state index in [2.05, 4.69) is 31.2 Å².